The van der Waals surface area contributed by atoms with Crippen LogP contribution in [-0.2, 0) is 12.1 Å². The van der Waals surface area contributed by atoms with E-state index >= 15 is 0 Å². The summed E-state index contributed by atoms with van der Waals surface area (Å²) in [6.07, 6.45) is -4.91. The number of amides is 1. The minimum atomic E-state index is -4.77. The Balaban J connectivity index is 2.08. The summed E-state index contributed by atoms with van der Waals surface area (Å²) in [6.45, 7) is 1.93. The molecule has 3 rings (SSSR count). The van der Waals surface area contributed by atoms with E-state index in [4.69, 9.17) is 11.6 Å². The first-order chi connectivity index (χ1) is 12.7. The molecule has 1 N–H and O–H groups in total. The lowest BCUT2D eigenvalue weighted by atomic mass is 9.95. The Morgan fingerprint density at radius 1 is 1.22 bits per heavy atom. The fourth-order valence-electron chi connectivity index (χ4n) is 2.90. The van der Waals surface area contributed by atoms with Crippen LogP contribution in [0.15, 0.2) is 53.6 Å². The third-order valence-corrected chi connectivity index (χ3v) is 4.76. The lowest BCUT2D eigenvalue weighted by Crippen LogP contribution is -2.43. The van der Waals surface area contributed by atoms with Crippen molar-refractivity contribution in [3.8, 4) is 0 Å². The average molecular weight is 397 g/mol. The van der Waals surface area contributed by atoms with E-state index < -0.39 is 29.9 Å². The van der Waals surface area contributed by atoms with E-state index in [1.54, 1.807) is 18.2 Å². The molecule has 0 saturated carbocycles. The Labute approximate surface area is 158 Å². The second kappa shape index (κ2) is 6.98. The van der Waals surface area contributed by atoms with Crippen molar-refractivity contribution in [3.63, 3.8) is 0 Å². The Bertz CT molecular complexity index is 897. The summed E-state index contributed by atoms with van der Waals surface area (Å²) in [5, 5.41) is 15.0. The molecule has 142 valence electrons. The number of benzene rings is 2. The standard InChI is InChI=1S/C19H16ClF3N2O2/c1-2-12-7-9-13(10-8-12)18(27)11-16(19(21,22)23)24-25(18)17(26)14-5-3-4-6-15(14)20/h3-10,27H,2,11H2,1H3/t18-/m1/s1. The predicted octanol–water partition coefficient (Wildman–Crippen LogP) is 4.51. The molecule has 0 unspecified atom stereocenters. The van der Waals surface area contributed by atoms with E-state index in [-0.39, 0.29) is 16.1 Å². The van der Waals surface area contributed by atoms with Crippen LogP contribution < -0.4 is 0 Å². The fourth-order valence-corrected chi connectivity index (χ4v) is 3.11. The van der Waals surface area contributed by atoms with E-state index in [1.165, 1.54) is 30.3 Å². The smallest absolute Gasteiger partial charge is 0.365 e. The van der Waals surface area contributed by atoms with Gasteiger partial charge in [0.1, 0.15) is 5.71 Å². The van der Waals surface area contributed by atoms with Gasteiger partial charge in [-0.3, -0.25) is 4.79 Å². The first-order valence-electron chi connectivity index (χ1n) is 8.22. The fraction of sp³-hybridized carbons (Fsp3) is 0.263. The van der Waals surface area contributed by atoms with Gasteiger partial charge in [-0.25, -0.2) is 0 Å². The monoisotopic (exact) mass is 396 g/mol. The molecule has 4 nitrogen and oxygen atoms in total. The van der Waals surface area contributed by atoms with Gasteiger partial charge in [0, 0.05) is 5.56 Å². The van der Waals surface area contributed by atoms with Crippen molar-refractivity contribution in [2.75, 3.05) is 0 Å². The number of carbonyl (C=O) groups excluding carboxylic acids is 1. The first-order valence-corrected chi connectivity index (χ1v) is 8.60. The average Bonchev–Trinajstić information content (AvgIpc) is 3.01. The highest BCUT2D eigenvalue weighted by molar-refractivity contribution is 6.33. The van der Waals surface area contributed by atoms with Gasteiger partial charge in [0.25, 0.3) is 5.91 Å². The summed E-state index contributed by atoms with van der Waals surface area (Å²) >= 11 is 6.00. The van der Waals surface area contributed by atoms with Crippen LogP contribution in [0.1, 0.15) is 34.8 Å². The normalized spacial score (nSPS) is 19.9. The van der Waals surface area contributed by atoms with Gasteiger partial charge in [-0.05, 0) is 24.1 Å². The third-order valence-electron chi connectivity index (χ3n) is 4.43. The van der Waals surface area contributed by atoms with Crippen LogP contribution in [0, 0.1) is 0 Å². The number of nitrogens with zero attached hydrogens (tertiary/aromatic N) is 2. The van der Waals surface area contributed by atoms with Gasteiger partial charge in [-0.2, -0.15) is 23.3 Å². The van der Waals surface area contributed by atoms with Crippen molar-refractivity contribution in [1.29, 1.82) is 0 Å². The van der Waals surface area contributed by atoms with Gasteiger partial charge in [0.2, 0.25) is 0 Å². The Kier molecular flexibility index (Phi) is 5.01. The molecule has 8 heteroatoms. The largest absolute Gasteiger partial charge is 0.431 e. The molecular formula is C19H16ClF3N2O2. The third kappa shape index (κ3) is 3.57. The molecule has 0 fully saturated rings. The van der Waals surface area contributed by atoms with Crippen molar-refractivity contribution in [2.24, 2.45) is 5.10 Å². The number of rotatable bonds is 3. The number of aliphatic hydroxyl groups is 1. The van der Waals surface area contributed by atoms with Gasteiger partial charge < -0.3 is 5.11 Å². The van der Waals surface area contributed by atoms with Crippen LogP contribution in [0.3, 0.4) is 0 Å². The maximum atomic E-state index is 13.3. The molecule has 0 radical (unpaired) electrons. The molecule has 1 aliphatic rings. The van der Waals surface area contributed by atoms with Crippen molar-refractivity contribution < 1.29 is 23.1 Å². The quantitative estimate of drug-likeness (QED) is 0.829. The topological polar surface area (TPSA) is 52.9 Å². The van der Waals surface area contributed by atoms with Crippen LogP contribution >= 0.6 is 11.6 Å². The zero-order valence-corrected chi connectivity index (χ0v) is 15.1. The summed E-state index contributed by atoms with van der Waals surface area (Å²) in [6, 6.07) is 12.3. The number of aryl methyl sites for hydroxylation is 1. The van der Waals surface area contributed by atoms with E-state index in [0.29, 0.717) is 5.01 Å². The number of hydrogen-bond acceptors (Lipinski definition) is 3. The van der Waals surface area contributed by atoms with Crippen molar-refractivity contribution in [2.45, 2.75) is 31.7 Å². The number of carbonyl (C=O) groups is 1. The van der Waals surface area contributed by atoms with E-state index in [0.717, 1.165) is 12.0 Å². The Morgan fingerprint density at radius 3 is 2.41 bits per heavy atom. The minimum absolute atomic E-state index is 0.0463. The Hall–Kier alpha value is -2.38. The van der Waals surface area contributed by atoms with Crippen LogP contribution in [0.2, 0.25) is 5.02 Å². The van der Waals surface area contributed by atoms with E-state index in [1.807, 2.05) is 6.92 Å². The molecule has 0 spiro atoms. The first kappa shape index (κ1) is 19.4. The molecule has 27 heavy (non-hydrogen) atoms. The SMILES string of the molecule is CCc1ccc([C@]2(O)CC(C(F)(F)F)=NN2C(=O)c2ccccc2Cl)cc1. The lowest BCUT2D eigenvalue weighted by Gasteiger charge is -2.31. The molecule has 2 aromatic rings. The summed E-state index contributed by atoms with van der Waals surface area (Å²) in [5.41, 5.74) is -2.45. The molecule has 0 saturated heterocycles. The summed E-state index contributed by atoms with van der Waals surface area (Å²) < 4.78 is 39.8. The minimum Gasteiger partial charge on any atom is -0.365 e. The van der Waals surface area contributed by atoms with Crippen molar-refractivity contribution in [3.05, 3.63) is 70.2 Å². The summed E-state index contributed by atoms with van der Waals surface area (Å²) in [5.74, 6) is -0.915. The number of hydrazone groups is 1. The van der Waals surface area contributed by atoms with Gasteiger partial charge in [-0.1, -0.05) is 54.9 Å². The number of alkyl halides is 3. The Morgan fingerprint density at radius 2 is 1.85 bits per heavy atom. The van der Waals surface area contributed by atoms with Crippen molar-refractivity contribution in [1.82, 2.24) is 5.01 Å². The molecule has 1 aliphatic heterocycles. The summed E-state index contributed by atoms with van der Waals surface area (Å²) in [4.78, 5) is 12.9. The summed E-state index contributed by atoms with van der Waals surface area (Å²) in [7, 11) is 0. The van der Waals surface area contributed by atoms with Crippen LogP contribution in [0.4, 0.5) is 13.2 Å². The maximum absolute atomic E-state index is 13.3. The zero-order valence-electron chi connectivity index (χ0n) is 14.3. The van der Waals surface area contributed by atoms with Gasteiger partial charge in [0.15, 0.2) is 5.72 Å². The van der Waals surface area contributed by atoms with Crippen molar-refractivity contribution >= 4 is 23.2 Å². The molecule has 2 aromatic carbocycles. The molecule has 0 aliphatic carbocycles. The number of halogens is 4. The van der Waals surface area contributed by atoms with Crippen LogP contribution in [0.25, 0.3) is 0 Å². The lowest BCUT2D eigenvalue weighted by molar-refractivity contribution is -0.0816. The highest BCUT2D eigenvalue weighted by Crippen LogP contribution is 2.41. The predicted molar refractivity (Wildman–Crippen MR) is 95.4 cm³/mol. The zero-order chi connectivity index (χ0) is 19.8. The molecule has 0 aromatic heterocycles. The highest BCUT2D eigenvalue weighted by Gasteiger charge is 2.53. The maximum Gasteiger partial charge on any atom is 0.431 e. The van der Waals surface area contributed by atoms with E-state index in [2.05, 4.69) is 5.10 Å². The van der Waals surface area contributed by atoms with Gasteiger partial charge >= 0.3 is 6.18 Å². The second-order valence-corrected chi connectivity index (χ2v) is 6.59. The molecule has 1 atom stereocenters. The second-order valence-electron chi connectivity index (χ2n) is 6.19. The molecular weight excluding hydrogens is 381 g/mol. The molecule has 0 bridgehead atoms. The van der Waals surface area contributed by atoms with Crippen LogP contribution in [-0.4, -0.2) is 27.9 Å². The number of hydrogen-bond donors (Lipinski definition) is 1. The van der Waals surface area contributed by atoms with Gasteiger partial charge in [0.05, 0.1) is 17.0 Å². The highest BCUT2D eigenvalue weighted by atomic mass is 35.5. The van der Waals surface area contributed by atoms with Crippen LogP contribution in [0.5, 0.6) is 0 Å². The molecule has 1 amide bonds. The van der Waals surface area contributed by atoms with E-state index in [9.17, 15) is 23.1 Å². The van der Waals surface area contributed by atoms with Gasteiger partial charge in [-0.15, -0.1) is 0 Å². The molecule has 1 heterocycles.